The molecule has 2 aromatic carbocycles. The summed E-state index contributed by atoms with van der Waals surface area (Å²) in [7, 11) is 0. The second kappa shape index (κ2) is 5.10. The van der Waals surface area contributed by atoms with Crippen molar-refractivity contribution < 1.29 is 30.3 Å². The zero-order valence-corrected chi connectivity index (χ0v) is 12.3. The van der Waals surface area contributed by atoms with Gasteiger partial charge < -0.3 is 30.3 Å². The Kier molecular flexibility index (Phi) is 3.34. The fraction of sp³-hybridized carbons (Fsp3) is 0.176. The number of rotatable bonds is 1. The maximum Gasteiger partial charge on any atom is 0.200 e. The summed E-state index contributed by atoms with van der Waals surface area (Å²) in [6.07, 6.45) is -2.07. The van der Waals surface area contributed by atoms with Gasteiger partial charge >= 0.3 is 0 Å². The van der Waals surface area contributed by atoms with Crippen LogP contribution in [0.4, 0.5) is 0 Å². The lowest BCUT2D eigenvalue weighted by molar-refractivity contribution is 0.0636. The molecule has 0 aromatic heterocycles. The number of ether oxygens (including phenoxy) is 1. The molecule has 120 valence electrons. The van der Waals surface area contributed by atoms with Crippen LogP contribution in [0.3, 0.4) is 0 Å². The van der Waals surface area contributed by atoms with Gasteiger partial charge in [-0.2, -0.15) is 0 Å². The summed E-state index contributed by atoms with van der Waals surface area (Å²) in [6, 6.07) is 5.33. The molecule has 2 unspecified atom stereocenters. The number of phenols is 4. The molecule has 0 saturated carbocycles. The fourth-order valence-corrected chi connectivity index (χ4v) is 2.81. The van der Waals surface area contributed by atoms with E-state index in [0.29, 0.717) is 22.4 Å². The number of aryl methyl sites for hydroxylation is 1. The SMILES string of the molecule is C=C1c2c(C)cc(O)cc2OC(c2cc(O)c(O)c(O)c2)C1O. The van der Waals surface area contributed by atoms with Gasteiger partial charge in [0.2, 0.25) is 0 Å². The molecule has 1 aliphatic rings. The van der Waals surface area contributed by atoms with Gasteiger partial charge in [0.1, 0.15) is 17.6 Å². The van der Waals surface area contributed by atoms with Crippen molar-refractivity contribution in [1.82, 2.24) is 0 Å². The van der Waals surface area contributed by atoms with E-state index in [1.165, 1.54) is 18.2 Å². The molecule has 5 N–H and O–H groups in total. The fourth-order valence-electron chi connectivity index (χ4n) is 2.81. The number of hydrogen-bond acceptors (Lipinski definition) is 6. The van der Waals surface area contributed by atoms with Crippen molar-refractivity contribution >= 4 is 5.57 Å². The minimum Gasteiger partial charge on any atom is -0.508 e. The Morgan fingerprint density at radius 1 is 1.00 bits per heavy atom. The number of aliphatic hydroxyl groups excluding tert-OH is 1. The van der Waals surface area contributed by atoms with Crippen molar-refractivity contribution in [3.63, 3.8) is 0 Å². The van der Waals surface area contributed by atoms with E-state index in [-0.39, 0.29) is 11.3 Å². The lowest BCUT2D eigenvalue weighted by Crippen LogP contribution is -2.29. The summed E-state index contributed by atoms with van der Waals surface area (Å²) >= 11 is 0. The Bertz CT molecular complexity index is 788. The molecular formula is C17H16O6. The second-order valence-electron chi connectivity index (χ2n) is 5.55. The van der Waals surface area contributed by atoms with Crippen LogP contribution in [0, 0.1) is 6.92 Å². The van der Waals surface area contributed by atoms with Crippen molar-refractivity contribution in [2.45, 2.75) is 19.1 Å². The average molecular weight is 316 g/mol. The zero-order chi connectivity index (χ0) is 16.9. The van der Waals surface area contributed by atoms with Crippen molar-refractivity contribution in [3.8, 4) is 28.7 Å². The van der Waals surface area contributed by atoms with Crippen LogP contribution >= 0.6 is 0 Å². The Morgan fingerprint density at radius 2 is 1.61 bits per heavy atom. The van der Waals surface area contributed by atoms with Crippen LogP contribution in [0.5, 0.6) is 28.7 Å². The molecule has 0 aliphatic carbocycles. The van der Waals surface area contributed by atoms with Gasteiger partial charge in [-0.05, 0) is 36.3 Å². The van der Waals surface area contributed by atoms with Gasteiger partial charge in [-0.1, -0.05) is 6.58 Å². The number of phenolic OH excluding ortho intramolecular Hbond substituents is 4. The van der Waals surface area contributed by atoms with Crippen LogP contribution in [-0.4, -0.2) is 31.6 Å². The Morgan fingerprint density at radius 3 is 2.22 bits per heavy atom. The molecule has 0 amide bonds. The summed E-state index contributed by atoms with van der Waals surface area (Å²) in [6.45, 7) is 5.64. The van der Waals surface area contributed by atoms with E-state index >= 15 is 0 Å². The smallest absolute Gasteiger partial charge is 0.200 e. The third-order valence-electron chi connectivity index (χ3n) is 3.92. The Balaban J connectivity index is 2.11. The van der Waals surface area contributed by atoms with Gasteiger partial charge in [-0.3, -0.25) is 0 Å². The highest BCUT2D eigenvalue weighted by Crippen LogP contribution is 2.46. The molecular weight excluding hydrogens is 300 g/mol. The predicted molar refractivity (Wildman–Crippen MR) is 82.7 cm³/mol. The van der Waals surface area contributed by atoms with E-state index in [1.807, 2.05) is 0 Å². The molecule has 6 nitrogen and oxygen atoms in total. The third-order valence-corrected chi connectivity index (χ3v) is 3.92. The topological polar surface area (TPSA) is 110 Å². The Labute approximate surface area is 132 Å². The summed E-state index contributed by atoms with van der Waals surface area (Å²) < 4.78 is 5.74. The zero-order valence-electron chi connectivity index (χ0n) is 12.3. The monoisotopic (exact) mass is 316 g/mol. The second-order valence-corrected chi connectivity index (χ2v) is 5.55. The first kappa shape index (κ1) is 15.1. The summed E-state index contributed by atoms with van der Waals surface area (Å²) in [5.74, 6) is -1.35. The molecule has 0 bridgehead atoms. The molecule has 0 fully saturated rings. The van der Waals surface area contributed by atoms with Gasteiger partial charge in [-0.15, -0.1) is 0 Å². The summed E-state index contributed by atoms with van der Waals surface area (Å²) in [4.78, 5) is 0. The molecule has 0 radical (unpaired) electrons. The van der Waals surface area contributed by atoms with Gasteiger partial charge in [0, 0.05) is 17.2 Å². The van der Waals surface area contributed by atoms with Crippen molar-refractivity contribution in [2.75, 3.05) is 0 Å². The van der Waals surface area contributed by atoms with E-state index in [1.54, 1.807) is 13.0 Å². The molecule has 3 rings (SSSR count). The lowest BCUT2D eigenvalue weighted by Gasteiger charge is -2.33. The number of aromatic hydroxyl groups is 4. The summed E-state index contributed by atoms with van der Waals surface area (Å²) in [5.41, 5.74) is 1.98. The number of benzene rings is 2. The van der Waals surface area contributed by atoms with Crippen LogP contribution in [0.15, 0.2) is 30.8 Å². The van der Waals surface area contributed by atoms with E-state index in [2.05, 4.69) is 6.58 Å². The minimum absolute atomic E-state index is 0.0144. The highest BCUT2D eigenvalue weighted by Gasteiger charge is 2.35. The standard InChI is InChI=1S/C17H16O6/c1-7-3-10(18)6-13-14(7)8(2)15(21)17(23-13)9-4-11(19)16(22)12(20)5-9/h3-6,15,17-22H,2H2,1H3. The third kappa shape index (κ3) is 2.33. The number of aliphatic hydroxyl groups is 1. The normalized spacial score (nSPS) is 20.0. The maximum atomic E-state index is 10.5. The van der Waals surface area contributed by atoms with Gasteiger partial charge in [0.25, 0.3) is 0 Å². The van der Waals surface area contributed by atoms with Crippen LogP contribution in [0.25, 0.3) is 5.57 Å². The van der Waals surface area contributed by atoms with Gasteiger partial charge in [0.15, 0.2) is 23.4 Å². The van der Waals surface area contributed by atoms with Crippen molar-refractivity contribution in [1.29, 1.82) is 0 Å². The van der Waals surface area contributed by atoms with E-state index < -0.39 is 29.5 Å². The summed E-state index contributed by atoms with van der Waals surface area (Å²) in [5, 5.41) is 48.9. The van der Waals surface area contributed by atoms with Crippen LogP contribution in [0.1, 0.15) is 22.8 Å². The molecule has 2 aromatic rings. The van der Waals surface area contributed by atoms with Gasteiger partial charge in [-0.25, -0.2) is 0 Å². The van der Waals surface area contributed by atoms with E-state index in [9.17, 15) is 25.5 Å². The number of hydrogen-bond donors (Lipinski definition) is 5. The first-order valence-corrected chi connectivity index (χ1v) is 6.92. The first-order chi connectivity index (χ1) is 10.8. The molecule has 0 spiro atoms. The van der Waals surface area contributed by atoms with Crippen LogP contribution in [0.2, 0.25) is 0 Å². The predicted octanol–water partition coefficient (Wildman–Crippen LogP) is 2.33. The van der Waals surface area contributed by atoms with Crippen LogP contribution < -0.4 is 4.74 Å². The molecule has 0 saturated heterocycles. The molecule has 23 heavy (non-hydrogen) atoms. The number of fused-ring (bicyclic) bond motifs is 1. The highest BCUT2D eigenvalue weighted by atomic mass is 16.5. The molecule has 6 heteroatoms. The van der Waals surface area contributed by atoms with E-state index in [4.69, 9.17) is 4.74 Å². The minimum atomic E-state index is -1.12. The molecule has 1 heterocycles. The van der Waals surface area contributed by atoms with Crippen LogP contribution in [-0.2, 0) is 0 Å². The van der Waals surface area contributed by atoms with Gasteiger partial charge in [0.05, 0.1) is 0 Å². The molecule has 2 atom stereocenters. The van der Waals surface area contributed by atoms with Crippen molar-refractivity contribution in [3.05, 3.63) is 47.5 Å². The maximum absolute atomic E-state index is 10.5. The highest BCUT2D eigenvalue weighted by molar-refractivity contribution is 5.77. The lowest BCUT2D eigenvalue weighted by atomic mass is 9.88. The molecule has 1 aliphatic heterocycles. The Hall–Kier alpha value is -2.86. The average Bonchev–Trinajstić information content (AvgIpc) is 2.47. The largest absolute Gasteiger partial charge is 0.508 e. The van der Waals surface area contributed by atoms with E-state index in [0.717, 1.165) is 0 Å². The first-order valence-electron chi connectivity index (χ1n) is 6.92. The van der Waals surface area contributed by atoms with Crippen molar-refractivity contribution in [2.24, 2.45) is 0 Å². The quantitative estimate of drug-likeness (QED) is 0.516.